The molecule has 6 heteroatoms. The molecule has 0 amide bonds. The van der Waals surface area contributed by atoms with Crippen LogP contribution < -0.4 is 15.2 Å². The fourth-order valence-electron chi connectivity index (χ4n) is 1.87. The molecule has 19 heavy (non-hydrogen) atoms. The maximum absolute atomic E-state index is 10.8. The van der Waals surface area contributed by atoms with Gasteiger partial charge in [-0.15, -0.1) is 0 Å². The Morgan fingerprint density at radius 2 is 2.00 bits per heavy atom. The summed E-state index contributed by atoms with van der Waals surface area (Å²) in [6, 6.07) is 2.53. The molecule has 0 saturated heterocycles. The average Bonchev–Trinajstić information content (AvgIpc) is 2.39. The Hall–Kier alpha value is -1.79. The van der Waals surface area contributed by atoms with Crippen LogP contribution in [0, 0.1) is 0 Å². The van der Waals surface area contributed by atoms with E-state index in [-0.39, 0.29) is 6.42 Å². The lowest BCUT2D eigenvalue weighted by Gasteiger charge is -2.17. The summed E-state index contributed by atoms with van der Waals surface area (Å²) in [5, 5.41) is 8.87. The second kappa shape index (κ2) is 6.96. The van der Waals surface area contributed by atoms with Crippen molar-refractivity contribution in [2.24, 2.45) is 5.73 Å². The van der Waals surface area contributed by atoms with E-state index in [1.54, 1.807) is 26.4 Å². The second-order valence-corrected chi connectivity index (χ2v) is 4.02. The van der Waals surface area contributed by atoms with Gasteiger partial charge >= 0.3 is 5.97 Å². The van der Waals surface area contributed by atoms with Crippen molar-refractivity contribution < 1.29 is 24.1 Å². The van der Waals surface area contributed by atoms with Crippen LogP contribution in [0.1, 0.15) is 11.1 Å². The van der Waals surface area contributed by atoms with Crippen LogP contribution in [-0.2, 0) is 22.6 Å². The first-order valence-corrected chi connectivity index (χ1v) is 5.75. The van der Waals surface area contributed by atoms with Crippen LogP contribution >= 0.6 is 0 Å². The Morgan fingerprint density at radius 1 is 1.32 bits per heavy atom. The third-order valence-electron chi connectivity index (χ3n) is 2.77. The largest absolute Gasteiger partial charge is 0.496 e. The Kier molecular flexibility index (Phi) is 5.59. The van der Waals surface area contributed by atoms with Crippen molar-refractivity contribution in [3.05, 3.63) is 23.3 Å². The quantitative estimate of drug-likeness (QED) is 0.761. The lowest BCUT2D eigenvalue weighted by Crippen LogP contribution is -2.32. The van der Waals surface area contributed by atoms with Crippen LogP contribution in [0.5, 0.6) is 11.5 Å². The first kappa shape index (κ1) is 15.3. The molecule has 0 saturated carbocycles. The smallest absolute Gasteiger partial charge is 0.320 e. The topological polar surface area (TPSA) is 91.0 Å². The van der Waals surface area contributed by atoms with Crippen LogP contribution in [-0.4, -0.2) is 38.4 Å². The molecule has 0 heterocycles. The molecule has 1 atom stereocenters. The third kappa shape index (κ3) is 3.59. The first-order chi connectivity index (χ1) is 9.04. The molecule has 0 aliphatic heterocycles. The van der Waals surface area contributed by atoms with E-state index in [2.05, 4.69) is 0 Å². The summed E-state index contributed by atoms with van der Waals surface area (Å²) in [5.74, 6) is 0.135. The van der Waals surface area contributed by atoms with Crippen molar-refractivity contribution in [3.8, 4) is 11.5 Å². The van der Waals surface area contributed by atoms with Gasteiger partial charge in [-0.05, 0) is 11.6 Å². The van der Waals surface area contributed by atoms with Crippen molar-refractivity contribution in [2.45, 2.75) is 19.1 Å². The molecular weight excluding hydrogens is 250 g/mol. The Labute approximate surface area is 112 Å². The summed E-state index contributed by atoms with van der Waals surface area (Å²) < 4.78 is 15.7. The number of carboxylic acids is 1. The molecule has 3 N–H and O–H groups in total. The summed E-state index contributed by atoms with van der Waals surface area (Å²) in [7, 11) is 4.63. The van der Waals surface area contributed by atoms with Gasteiger partial charge in [0.05, 0.1) is 26.4 Å². The van der Waals surface area contributed by atoms with E-state index in [0.29, 0.717) is 23.7 Å². The third-order valence-corrected chi connectivity index (χ3v) is 2.77. The van der Waals surface area contributed by atoms with Gasteiger partial charge in [0.15, 0.2) is 0 Å². The highest BCUT2D eigenvalue weighted by Crippen LogP contribution is 2.33. The molecule has 0 fully saturated rings. The van der Waals surface area contributed by atoms with Gasteiger partial charge < -0.3 is 25.1 Å². The van der Waals surface area contributed by atoms with E-state index in [1.807, 2.05) is 0 Å². The number of hydrogen-bond donors (Lipinski definition) is 2. The number of rotatable bonds is 7. The molecular formula is C13H19NO5. The fourth-order valence-corrected chi connectivity index (χ4v) is 1.87. The number of methoxy groups -OCH3 is 3. The van der Waals surface area contributed by atoms with E-state index < -0.39 is 12.0 Å². The highest BCUT2D eigenvalue weighted by atomic mass is 16.5. The zero-order valence-electron chi connectivity index (χ0n) is 11.3. The predicted octanol–water partition coefficient (Wildman–Crippen LogP) is 0.805. The monoisotopic (exact) mass is 269 g/mol. The van der Waals surface area contributed by atoms with Gasteiger partial charge in [-0.3, -0.25) is 4.79 Å². The minimum Gasteiger partial charge on any atom is -0.496 e. The number of benzene rings is 1. The Bertz CT molecular complexity index is 447. The van der Waals surface area contributed by atoms with Gasteiger partial charge in [0.2, 0.25) is 0 Å². The van der Waals surface area contributed by atoms with E-state index >= 15 is 0 Å². The maximum Gasteiger partial charge on any atom is 0.320 e. The summed E-state index contributed by atoms with van der Waals surface area (Å²) in [5.41, 5.74) is 7.00. The molecule has 1 aromatic carbocycles. The van der Waals surface area contributed by atoms with Gasteiger partial charge in [-0.2, -0.15) is 0 Å². The highest BCUT2D eigenvalue weighted by molar-refractivity contribution is 5.73. The molecule has 0 aliphatic rings. The standard InChI is InChI=1S/C13H19NO5/c1-17-7-9-11(18-2)5-4-8(12(9)19-3)6-10(14)13(15)16/h4-5,10H,6-7,14H2,1-3H3,(H,15,16). The van der Waals surface area contributed by atoms with E-state index in [4.69, 9.17) is 25.1 Å². The van der Waals surface area contributed by atoms with Crippen molar-refractivity contribution in [3.63, 3.8) is 0 Å². The summed E-state index contributed by atoms with van der Waals surface area (Å²) in [4.78, 5) is 10.8. The maximum atomic E-state index is 10.8. The van der Waals surface area contributed by atoms with Crippen molar-refractivity contribution in [2.75, 3.05) is 21.3 Å². The number of aliphatic carboxylic acids is 1. The van der Waals surface area contributed by atoms with E-state index in [0.717, 1.165) is 5.56 Å². The van der Waals surface area contributed by atoms with Crippen LogP contribution in [0.4, 0.5) is 0 Å². The minimum absolute atomic E-state index is 0.180. The molecule has 1 unspecified atom stereocenters. The van der Waals surface area contributed by atoms with Crippen LogP contribution in [0.25, 0.3) is 0 Å². The van der Waals surface area contributed by atoms with Crippen LogP contribution in [0.2, 0.25) is 0 Å². The van der Waals surface area contributed by atoms with E-state index in [9.17, 15) is 4.79 Å². The van der Waals surface area contributed by atoms with E-state index in [1.165, 1.54) is 7.11 Å². The Morgan fingerprint density at radius 3 is 2.47 bits per heavy atom. The van der Waals surface area contributed by atoms with Gasteiger partial charge in [0.25, 0.3) is 0 Å². The van der Waals surface area contributed by atoms with Crippen molar-refractivity contribution >= 4 is 5.97 Å². The molecule has 0 aliphatic carbocycles. The second-order valence-electron chi connectivity index (χ2n) is 4.02. The summed E-state index contributed by atoms with van der Waals surface area (Å²) in [6.07, 6.45) is 0.180. The summed E-state index contributed by atoms with van der Waals surface area (Å²) in [6.45, 7) is 0.308. The number of carboxylic acid groups (broad SMARTS) is 1. The number of hydrogen-bond acceptors (Lipinski definition) is 5. The zero-order valence-corrected chi connectivity index (χ0v) is 11.3. The predicted molar refractivity (Wildman–Crippen MR) is 69.6 cm³/mol. The summed E-state index contributed by atoms with van der Waals surface area (Å²) >= 11 is 0. The first-order valence-electron chi connectivity index (χ1n) is 5.75. The molecule has 0 aromatic heterocycles. The number of nitrogens with two attached hydrogens (primary N) is 1. The Balaban J connectivity index is 3.18. The molecule has 1 rings (SSSR count). The van der Waals surface area contributed by atoms with Gasteiger partial charge in [0.1, 0.15) is 17.5 Å². The number of carbonyl (C=O) groups is 1. The lowest BCUT2D eigenvalue weighted by molar-refractivity contribution is -0.138. The van der Waals surface area contributed by atoms with Crippen molar-refractivity contribution in [1.82, 2.24) is 0 Å². The normalized spacial score (nSPS) is 12.0. The van der Waals surface area contributed by atoms with Crippen LogP contribution in [0.3, 0.4) is 0 Å². The molecule has 0 bridgehead atoms. The number of ether oxygens (including phenoxy) is 3. The van der Waals surface area contributed by atoms with Gasteiger partial charge in [-0.1, -0.05) is 6.07 Å². The van der Waals surface area contributed by atoms with Crippen LogP contribution in [0.15, 0.2) is 12.1 Å². The average molecular weight is 269 g/mol. The molecule has 0 spiro atoms. The fraction of sp³-hybridized carbons (Fsp3) is 0.462. The molecule has 1 aromatic rings. The minimum atomic E-state index is -1.05. The van der Waals surface area contributed by atoms with Gasteiger partial charge in [0, 0.05) is 13.5 Å². The molecule has 0 radical (unpaired) electrons. The van der Waals surface area contributed by atoms with Crippen molar-refractivity contribution in [1.29, 1.82) is 0 Å². The molecule has 106 valence electrons. The SMILES string of the molecule is COCc1c(OC)ccc(CC(N)C(=O)O)c1OC. The zero-order chi connectivity index (χ0) is 14.4. The van der Waals surface area contributed by atoms with Gasteiger partial charge in [-0.25, -0.2) is 0 Å². The lowest BCUT2D eigenvalue weighted by atomic mass is 10.0. The molecule has 6 nitrogen and oxygen atoms in total. The highest BCUT2D eigenvalue weighted by Gasteiger charge is 2.19.